The number of anilines is 1. The van der Waals surface area contributed by atoms with E-state index in [1.54, 1.807) is 4.90 Å². The van der Waals surface area contributed by atoms with Crippen molar-refractivity contribution >= 4 is 33.6 Å². The summed E-state index contributed by atoms with van der Waals surface area (Å²) in [4.78, 5) is 32.7. The molecule has 1 aromatic rings. The van der Waals surface area contributed by atoms with Gasteiger partial charge >= 0.3 is 0 Å². The summed E-state index contributed by atoms with van der Waals surface area (Å²) in [5, 5.41) is 2.61. The third kappa shape index (κ3) is 3.49. The number of carbonyl (C=O) groups excluding carboxylic acids is 2. The standard InChI is InChI=1S/C11H13BrN4O2/c1-7(17)16(8-2-3-8)6-11(18)15-10-5-13-4-9(12)14-10/h4-5,8H,2-3,6H2,1H3,(H,14,15,18). The molecule has 96 valence electrons. The molecule has 7 heteroatoms. The van der Waals surface area contributed by atoms with E-state index in [9.17, 15) is 9.59 Å². The topological polar surface area (TPSA) is 75.2 Å². The molecule has 6 nitrogen and oxygen atoms in total. The Balaban J connectivity index is 1.93. The number of rotatable bonds is 4. The summed E-state index contributed by atoms with van der Waals surface area (Å²) in [5.41, 5.74) is 0. The summed E-state index contributed by atoms with van der Waals surface area (Å²) in [6.45, 7) is 1.54. The predicted octanol–water partition coefficient (Wildman–Crippen LogP) is 1.19. The number of nitrogens with one attached hydrogen (secondary N) is 1. The van der Waals surface area contributed by atoms with Crippen molar-refractivity contribution in [3.63, 3.8) is 0 Å². The highest BCUT2D eigenvalue weighted by Crippen LogP contribution is 2.26. The first-order valence-corrected chi connectivity index (χ1v) is 6.40. The number of carbonyl (C=O) groups is 2. The van der Waals surface area contributed by atoms with Crippen molar-refractivity contribution in [2.45, 2.75) is 25.8 Å². The van der Waals surface area contributed by atoms with Crippen LogP contribution in [0, 0.1) is 0 Å². The number of halogens is 1. The lowest BCUT2D eigenvalue weighted by atomic mass is 10.4. The summed E-state index contributed by atoms with van der Waals surface area (Å²) < 4.78 is 0.547. The number of aromatic nitrogens is 2. The molecule has 0 saturated heterocycles. The molecule has 1 saturated carbocycles. The molecular weight excluding hydrogens is 300 g/mol. The van der Waals surface area contributed by atoms with Crippen LogP contribution in [0.15, 0.2) is 17.0 Å². The molecular formula is C11H13BrN4O2. The molecule has 1 N–H and O–H groups in total. The summed E-state index contributed by atoms with van der Waals surface area (Å²) in [7, 11) is 0. The van der Waals surface area contributed by atoms with Crippen molar-refractivity contribution in [1.82, 2.24) is 14.9 Å². The molecule has 0 radical (unpaired) electrons. The minimum Gasteiger partial charge on any atom is -0.331 e. The summed E-state index contributed by atoms with van der Waals surface area (Å²) in [5.74, 6) is 0.0335. The van der Waals surface area contributed by atoms with Crippen LogP contribution in [-0.4, -0.2) is 39.3 Å². The van der Waals surface area contributed by atoms with Gasteiger partial charge < -0.3 is 10.2 Å². The number of nitrogens with zero attached hydrogens (tertiary/aromatic N) is 3. The largest absolute Gasteiger partial charge is 0.331 e. The van der Waals surface area contributed by atoms with Crippen LogP contribution in [0.3, 0.4) is 0 Å². The van der Waals surface area contributed by atoms with Crippen LogP contribution in [0.5, 0.6) is 0 Å². The van der Waals surface area contributed by atoms with Gasteiger partial charge in [-0.3, -0.25) is 14.6 Å². The van der Waals surface area contributed by atoms with Crippen LogP contribution >= 0.6 is 15.9 Å². The van der Waals surface area contributed by atoms with E-state index in [1.807, 2.05) is 0 Å². The van der Waals surface area contributed by atoms with Gasteiger partial charge in [0.2, 0.25) is 11.8 Å². The molecule has 0 aliphatic heterocycles. The van der Waals surface area contributed by atoms with E-state index in [-0.39, 0.29) is 24.4 Å². The Morgan fingerprint density at radius 3 is 2.78 bits per heavy atom. The Labute approximate surface area is 113 Å². The maximum Gasteiger partial charge on any atom is 0.245 e. The maximum atomic E-state index is 11.8. The molecule has 1 fully saturated rings. The molecule has 0 unspecified atom stereocenters. The Kier molecular flexibility index (Phi) is 3.90. The minimum atomic E-state index is -0.260. The van der Waals surface area contributed by atoms with Gasteiger partial charge in [0.1, 0.15) is 11.1 Å². The first-order valence-electron chi connectivity index (χ1n) is 5.61. The average molecular weight is 313 g/mol. The lowest BCUT2D eigenvalue weighted by molar-refractivity contribution is -0.133. The second-order valence-corrected chi connectivity index (χ2v) is 4.97. The SMILES string of the molecule is CC(=O)N(CC(=O)Nc1cncc(Br)n1)C1CC1. The molecule has 1 heterocycles. The molecule has 1 aliphatic rings. The lowest BCUT2D eigenvalue weighted by Gasteiger charge is -2.19. The fraction of sp³-hybridized carbons (Fsp3) is 0.455. The van der Waals surface area contributed by atoms with Gasteiger partial charge in [-0.15, -0.1) is 0 Å². The van der Waals surface area contributed by atoms with E-state index >= 15 is 0 Å². The number of amides is 2. The third-order valence-electron chi connectivity index (χ3n) is 2.58. The molecule has 0 bridgehead atoms. The minimum absolute atomic E-state index is 0.0637. The monoisotopic (exact) mass is 312 g/mol. The van der Waals surface area contributed by atoms with Gasteiger partial charge in [-0.25, -0.2) is 4.98 Å². The Hall–Kier alpha value is -1.50. The van der Waals surface area contributed by atoms with Crippen LogP contribution in [-0.2, 0) is 9.59 Å². The van der Waals surface area contributed by atoms with Crippen molar-refractivity contribution in [3.8, 4) is 0 Å². The van der Waals surface area contributed by atoms with Gasteiger partial charge in [0, 0.05) is 13.0 Å². The molecule has 2 amide bonds. The van der Waals surface area contributed by atoms with E-state index < -0.39 is 0 Å². The first-order chi connectivity index (χ1) is 8.56. The molecule has 0 aromatic carbocycles. The Morgan fingerprint density at radius 2 is 2.22 bits per heavy atom. The average Bonchev–Trinajstić information content (AvgIpc) is 3.09. The highest BCUT2D eigenvalue weighted by Gasteiger charge is 2.32. The van der Waals surface area contributed by atoms with Crippen molar-refractivity contribution in [1.29, 1.82) is 0 Å². The van der Waals surface area contributed by atoms with E-state index in [4.69, 9.17) is 0 Å². The second-order valence-electron chi connectivity index (χ2n) is 4.15. The van der Waals surface area contributed by atoms with Crippen molar-refractivity contribution < 1.29 is 9.59 Å². The molecule has 0 spiro atoms. The normalized spacial score (nSPS) is 14.1. The summed E-state index contributed by atoms with van der Waals surface area (Å²) in [6, 6.07) is 0.224. The summed E-state index contributed by atoms with van der Waals surface area (Å²) >= 11 is 3.17. The highest BCUT2D eigenvalue weighted by molar-refractivity contribution is 9.10. The van der Waals surface area contributed by atoms with E-state index in [0.717, 1.165) is 12.8 Å². The number of hydrogen-bond donors (Lipinski definition) is 1. The van der Waals surface area contributed by atoms with Gasteiger partial charge in [0.25, 0.3) is 0 Å². The van der Waals surface area contributed by atoms with Crippen LogP contribution in [0.2, 0.25) is 0 Å². The lowest BCUT2D eigenvalue weighted by Crippen LogP contribution is -2.38. The van der Waals surface area contributed by atoms with Crippen LogP contribution in [0.1, 0.15) is 19.8 Å². The van der Waals surface area contributed by atoms with Crippen LogP contribution in [0.25, 0.3) is 0 Å². The predicted molar refractivity (Wildman–Crippen MR) is 68.8 cm³/mol. The van der Waals surface area contributed by atoms with Crippen LogP contribution in [0.4, 0.5) is 5.82 Å². The van der Waals surface area contributed by atoms with Gasteiger partial charge in [-0.1, -0.05) is 0 Å². The highest BCUT2D eigenvalue weighted by atomic mass is 79.9. The zero-order valence-corrected chi connectivity index (χ0v) is 11.5. The van der Waals surface area contributed by atoms with Crippen molar-refractivity contribution in [2.24, 2.45) is 0 Å². The zero-order chi connectivity index (χ0) is 13.1. The quantitative estimate of drug-likeness (QED) is 0.906. The molecule has 2 rings (SSSR count). The van der Waals surface area contributed by atoms with E-state index in [2.05, 4.69) is 31.2 Å². The summed E-state index contributed by atoms with van der Waals surface area (Å²) in [6.07, 6.45) is 4.94. The molecule has 1 aliphatic carbocycles. The van der Waals surface area contributed by atoms with Gasteiger partial charge in [0.15, 0.2) is 5.82 Å². The number of hydrogen-bond acceptors (Lipinski definition) is 4. The fourth-order valence-electron chi connectivity index (χ4n) is 1.62. The Bertz CT molecular complexity index is 476. The van der Waals surface area contributed by atoms with Gasteiger partial charge in [-0.2, -0.15) is 0 Å². The molecule has 18 heavy (non-hydrogen) atoms. The van der Waals surface area contributed by atoms with Crippen molar-refractivity contribution in [2.75, 3.05) is 11.9 Å². The Morgan fingerprint density at radius 1 is 1.50 bits per heavy atom. The van der Waals surface area contributed by atoms with Crippen LogP contribution < -0.4 is 5.32 Å². The first kappa shape index (κ1) is 12.9. The molecule has 0 atom stereocenters. The zero-order valence-electron chi connectivity index (χ0n) is 9.89. The molecule has 1 aromatic heterocycles. The van der Waals surface area contributed by atoms with E-state index in [0.29, 0.717) is 10.4 Å². The fourth-order valence-corrected chi connectivity index (χ4v) is 1.93. The third-order valence-corrected chi connectivity index (χ3v) is 2.96. The van der Waals surface area contributed by atoms with Gasteiger partial charge in [-0.05, 0) is 28.8 Å². The second kappa shape index (κ2) is 5.43. The maximum absolute atomic E-state index is 11.8. The van der Waals surface area contributed by atoms with E-state index in [1.165, 1.54) is 19.3 Å². The van der Waals surface area contributed by atoms with Crippen molar-refractivity contribution in [3.05, 3.63) is 17.0 Å². The van der Waals surface area contributed by atoms with Gasteiger partial charge in [0.05, 0.1) is 12.4 Å². The smallest absolute Gasteiger partial charge is 0.245 e.